The highest BCUT2D eigenvalue weighted by atomic mass is 16.5. The molecule has 9 heteroatoms. The number of nitrogens with one attached hydrogen (secondary N) is 2. The second-order valence-corrected chi connectivity index (χ2v) is 5.85. The van der Waals surface area contributed by atoms with E-state index in [4.69, 9.17) is 9.47 Å². The van der Waals surface area contributed by atoms with Crippen LogP contribution in [-0.4, -0.2) is 53.0 Å². The van der Waals surface area contributed by atoms with Crippen LogP contribution in [0.25, 0.3) is 0 Å². The van der Waals surface area contributed by atoms with Gasteiger partial charge in [0.25, 0.3) is 0 Å². The van der Waals surface area contributed by atoms with Gasteiger partial charge in [0.05, 0.1) is 20.8 Å². The first-order valence-corrected chi connectivity index (χ1v) is 8.06. The lowest BCUT2D eigenvalue weighted by molar-refractivity contribution is 0.0687. The molecule has 9 nitrogen and oxygen atoms in total. The molecule has 138 valence electrons. The van der Waals surface area contributed by atoms with Crippen LogP contribution < -0.4 is 14.8 Å². The molecule has 2 amide bonds. The molecule has 3 rings (SSSR count). The van der Waals surface area contributed by atoms with Gasteiger partial charge in [-0.2, -0.15) is 5.10 Å². The van der Waals surface area contributed by atoms with Gasteiger partial charge in [-0.3, -0.25) is 5.10 Å². The number of H-pyrrole nitrogens is 1. The van der Waals surface area contributed by atoms with E-state index in [1.54, 1.807) is 31.3 Å². The number of methoxy groups -OCH3 is 2. The molecule has 1 aromatic heterocycles. The van der Waals surface area contributed by atoms with Gasteiger partial charge >= 0.3 is 12.0 Å². The quantitative estimate of drug-likeness (QED) is 0.742. The van der Waals surface area contributed by atoms with E-state index in [1.165, 1.54) is 0 Å². The van der Waals surface area contributed by atoms with Crippen LogP contribution in [0.2, 0.25) is 0 Å². The van der Waals surface area contributed by atoms with Crippen molar-refractivity contribution in [3.63, 3.8) is 0 Å². The van der Waals surface area contributed by atoms with Crippen molar-refractivity contribution in [2.24, 2.45) is 0 Å². The number of fused-ring (bicyclic) bond motifs is 1. The van der Waals surface area contributed by atoms with Crippen LogP contribution >= 0.6 is 0 Å². The van der Waals surface area contributed by atoms with Crippen molar-refractivity contribution in [3.8, 4) is 11.5 Å². The van der Waals surface area contributed by atoms with Gasteiger partial charge in [-0.15, -0.1) is 0 Å². The number of aromatic carboxylic acids is 1. The molecule has 0 spiro atoms. The van der Waals surface area contributed by atoms with Crippen LogP contribution in [0.4, 0.5) is 4.79 Å². The van der Waals surface area contributed by atoms with Crippen molar-refractivity contribution in [3.05, 3.63) is 40.7 Å². The Morgan fingerprint density at radius 1 is 1.31 bits per heavy atom. The van der Waals surface area contributed by atoms with E-state index in [1.807, 2.05) is 6.07 Å². The number of ether oxygens (including phenoxy) is 2. The maximum absolute atomic E-state index is 12.4. The number of hydrogen-bond donors (Lipinski definition) is 3. The van der Waals surface area contributed by atoms with E-state index in [0.717, 1.165) is 11.3 Å². The maximum atomic E-state index is 12.4. The molecule has 0 bridgehead atoms. The summed E-state index contributed by atoms with van der Waals surface area (Å²) in [6.45, 7) is 1.02. The molecule has 0 atom stereocenters. The Kier molecular flexibility index (Phi) is 4.97. The minimum Gasteiger partial charge on any atom is -0.493 e. The summed E-state index contributed by atoms with van der Waals surface area (Å²) < 4.78 is 10.4. The molecule has 3 N–H and O–H groups in total. The van der Waals surface area contributed by atoms with Gasteiger partial charge in [0.1, 0.15) is 0 Å². The third-order valence-corrected chi connectivity index (χ3v) is 4.31. The van der Waals surface area contributed by atoms with E-state index in [0.29, 0.717) is 36.6 Å². The number of carboxylic acid groups (broad SMARTS) is 1. The summed E-state index contributed by atoms with van der Waals surface area (Å²) in [6, 6.07) is 5.15. The first kappa shape index (κ1) is 17.6. The molecule has 0 unspecified atom stereocenters. The summed E-state index contributed by atoms with van der Waals surface area (Å²) in [4.78, 5) is 25.2. The van der Waals surface area contributed by atoms with Crippen molar-refractivity contribution < 1.29 is 24.2 Å². The van der Waals surface area contributed by atoms with Crippen LogP contribution in [0.15, 0.2) is 18.2 Å². The molecule has 2 heterocycles. The second kappa shape index (κ2) is 7.34. The van der Waals surface area contributed by atoms with Crippen LogP contribution in [-0.2, 0) is 19.5 Å². The number of urea groups is 1. The lowest BCUT2D eigenvalue weighted by Crippen LogP contribution is -2.42. The highest BCUT2D eigenvalue weighted by Gasteiger charge is 2.27. The predicted molar refractivity (Wildman–Crippen MR) is 91.4 cm³/mol. The fraction of sp³-hybridized carbons (Fsp3) is 0.353. The van der Waals surface area contributed by atoms with Gasteiger partial charge in [0.2, 0.25) is 0 Å². The number of benzene rings is 1. The molecular weight excluding hydrogens is 340 g/mol. The number of carbonyl (C=O) groups is 2. The average Bonchev–Trinajstić information content (AvgIpc) is 3.09. The van der Waals surface area contributed by atoms with Gasteiger partial charge in [0.15, 0.2) is 17.2 Å². The van der Waals surface area contributed by atoms with Crippen molar-refractivity contribution >= 4 is 12.0 Å². The number of carboxylic acids is 1. The molecule has 1 aromatic carbocycles. The Bertz CT molecular complexity index is 833. The maximum Gasteiger partial charge on any atom is 0.356 e. The monoisotopic (exact) mass is 360 g/mol. The summed E-state index contributed by atoms with van der Waals surface area (Å²) in [6.07, 6.45) is 0.541. The van der Waals surface area contributed by atoms with Gasteiger partial charge in [-0.1, -0.05) is 6.07 Å². The standard InChI is InChI=1S/C17H20N4O5/c1-25-13-4-3-10(7-14(13)26-2)8-18-17(24)21-6-5-12-11(9-21)15(16(22)23)20-19-12/h3-4,7H,5-6,8-9H2,1-2H3,(H,18,24)(H,19,20)(H,22,23). The smallest absolute Gasteiger partial charge is 0.356 e. The van der Waals surface area contributed by atoms with Crippen LogP contribution in [0.3, 0.4) is 0 Å². The fourth-order valence-corrected chi connectivity index (χ4v) is 2.93. The third kappa shape index (κ3) is 3.41. The van der Waals surface area contributed by atoms with Crippen molar-refractivity contribution in [1.29, 1.82) is 0 Å². The normalized spacial score (nSPS) is 13.1. The fourth-order valence-electron chi connectivity index (χ4n) is 2.93. The molecule has 2 aromatic rings. The number of nitrogens with zero attached hydrogens (tertiary/aromatic N) is 2. The zero-order valence-electron chi connectivity index (χ0n) is 14.5. The lowest BCUT2D eigenvalue weighted by Gasteiger charge is -2.27. The van der Waals surface area contributed by atoms with Gasteiger partial charge in [-0.05, 0) is 17.7 Å². The topological polar surface area (TPSA) is 117 Å². The third-order valence-electron chi connectivity index (χ3n) is 4.31. The van der Waals surface area contributed by atoms with Gasteiger partial charge < -0.3 is 24.8 Å². The Labute approximate surface area is 149 Å². The van der Waals surface area contributed by atoms with Crippen LogP contribution in [0.5, 0.6) is 11.5 Å². The Morgan fingerprint density at radius 2 is 2.08 bits per heavy atom. The molecule has 0 saturated carbocycles. The highest BCUT2D eigenvalue weighted by molar-refractivity contribution is 5.87. The zero-order chi connectivity index (χ0) is 18.7. The Morgan fingerprint density at radius 3 is 2.77 bits per heavy atom. The minimum absolute atomic E-state index is 0.0302. The summed E-state index contributed by atoms with van der Waals surface area (Å²) in [5.41, 5.74) is 2.16. The molecular formula is C17H20N4O5. The minimum atomic E-state index is -1.10. The molecule has 1 aliphatic rings. The molecule has 0 fully saturated rings. The van der Waals surface area contributed by atoms with E-state index in [-0.39, 0.29) is 18.3 Å². The molecule has 1 aliphatic heterocycles. The predicted octanol–water partition coefficient (Wildman–Crippen LogP) is 1.39. The first-order chi connectivity index (χ1) is 12.5. The van der Waals surface area contributed by atoms with Crippen molar-refractivity contribution in [2.45, 2.75) is 19.5 Å². The average molecular weight is 360 g/mol. The number of aromatic nitrogens is 2. The van der Waals surface area contributed by atoms with Crippen molar-refractivity contribution in [1.82, 2.24) is 20.4 Å². The second-order valence-electron chi connectivity index (χ2n) is 5.85. The summed E-state index contributed by atoms with van der Waals surface area (Å²) in [7, 11) is 3.11. The van der Waals surface area contributed by atoms with E-state index < -0.39 is 5.97 Å². The van der Waals surface area contributed by atoms with Crippen LogP contribution in [0, 0.1) is 0 Å². The molecule has 0 aliphatic carbocycles. The summed E-state index contributed by atoms with van der Waals surface area (Å²) >= 11 is 0. The lowest BCUT2D eigenvalue weighted by atomic mass is 10.1. The number of rotatable bonds is 5. The van der Waals surface area contributed by atoms with E-state index in [9.17, 15) is 14.7 Å². The van der Waals surface area contributed by atoms with Crippen LogP contribution in [0.1, 0.15) is 27.3 Å². The highest BCUT2D eigenvalue weighted by Crippen LogP contribution is 2.27. The Hall–Kier alpha value is -3.23. The molecule has 0 radical (unpaired) electrons. The van der Waals surface area contributed by atoms with E-state index in [2.05, 4.69) is 15.5 Å². The molecule has 0 saturated heterocycles. The van der Waals surface area contributed by atoms with E-state index >= 15 is 0 Å². The number of aromatic amines is 1. The first-order valence-electron chi connectivity index (χ1n) is 8.06. The van der Waals surface area contributed by atoms with Crippen molar-refractivity contribution in [2.75, 3.05) is 20.8 Å². The number of carbonyl (C=O) groups excluding carboxylic acids is 1. The van der Waals surface area contributed by atoms with Gasteiger partial charge in [-0.25, -0.2) is 9.59 Å². The SMILES string of the molecule is COc1ccc(CNC(=O)N2CCc3[nH]nc(C(=O)O)c3C2)cc1OC. The number of hydrogen-bond acceptors (Lipinski definition) is 5. The summed E-state index contributed by atoms with van der Waals surface area (Å²) in [5, 5.41) is 18.6. The molecule has 26 heavy (non-hydrogen) atoms. The summed E-state index contributed by atoms with van der Waals surface area (Å²) in [5.74, 6) is 0.105. The Balaban J connectivity index is 1.64. The largest absolute Gasteiger partial charge is 0.493 e. The van der Waals surface area contributed by atoms with Gasteiger partial charge in [0, 0.05) is 30.8 Å². The zero-order valence-corrected chi connectivity index (χ0v) is 14.5. The number of amides is 2.